The van der Waals surface area contributed by atoms with Crippen molar-refractivity contribution >= 4 is 11.8 Å². The van der Waals surface area contributed by atoms with Crippen molar-refractivity contribution in [1.29, 1.82) is 0 Å². The molecular formula is C24H22F9NO3. The van der Waals surface area contributed by atoms with E-state index in [0.29, 0.717) is 12.1 Å². The van der Waals surface area contributed by atoms with Crippen LogP contribution in [0.25, 0.3) is 0 Å². The minimum Gasteiger partial charge on any atom is -0.449 e. The van der Waals surface area contributed by atoms with Crippen LogP contribution in [0.1, 0.15) is 66.5 Å². The molecule has 204 valence electrons. The van der Waals surface area contributed by atoms with Crippen molar-refractivity contribution in [2.24, 2.45) is 0 Å². The summed E-state index contributed by atoms with van der Waals surface area (Å²) < 4.78 is 125. The molecule has 0 aliphatic carbocycles. The Morgan fingerprint density at radius 3 is 1.89 bits per heavy atom. The number of hydrogen-bond acceptors (Lipinski definition) is 3. The zero-order chi connectivity index (χ0) is 27.9. The first kappa shape index (κ1) is 28.6. The molecule has 1 heterocycles. The Morgan fingerprint density at radius 1 is 0.892 bits per heavy atom. The van der Waals surface area contributed by atoms with Gasteiger partial charge in [-0.2, -0.15) is 39.5 Å². The monoisotopic (exact) mass is 543 g/mol. The maximum absolute atomic E-state index is 13.4. The molecule has 2 aromatic carbocycles. The summed E-state index contributed by atoms with van der Waals surface area (Å²) in [5.41, 5.74) is -4.94. The molecule has 0 fully saturated rings. The van der Waals surface area contributed by atoms with E-state index in [9.17, 15) is 49.4 Å². The molecule has 0 spiro atoms. The number of carbonyl (C=O) groups excluding carboxylic acids is 1. The van der Waals surface area contributed by atoms with Gasteiger partial charge in [-0.3, -0.25) is 4.90 Å². The van der Waals surface area contributed by atoms with Crippen molar-refractivity contribution in [3.8, 4) is 0 Å². The quantitative estimate of drug-likeness (QED) is 0.393. The fourth-order valence-corrected chi connectivity index (χ4v) is 4.53. The average Bonchev–Trinajstić information content (AvgIpc) is 3.09. The van der Waals surface area contributed by atoms with Crippen LogP contribution in [0, 0.1) is 0 Å². The van der Waals surface area contributed by atoms with Gasteiger partial charge < -0.3 is 9.84 Å². The van der Waals surface area contributed by atoms with Gasteiger partial charge in [-0.25, -0.2) is 4.79 Å². The van der Waals surface area contributed by atoms with E-state index >= 15 is 0 Å². The summed E-state index contributed by atoms with van der Waals surface area (Å²) in [6.45, 7) is 2.98. The Labute approximate surface area is 205 Å². The number of benzene rings is 2. The molecule has 3 atom stereocenters. The average molecular weight is 543 g/mol. The van der Waals surface area contributed by atoms with Crippen LogP contribution in [0.15, 0.2) is 36.4 Å². The van der Waals surface area contributed by atoms with Gasteiger partial charge in [-0.15, -0.1) is 0 Å². The van der Waals surface area contributed by atoms with Crippen LogP contribution < -0.4 is 4.90 Å². The molecule has 37 heavy (non-hydrogen) atoms. The molecule has 0 aromatic heterocycles. The second kappa shape index (κ2) is 10.1. The second-order valence-electron chi connectivity index (χ2n) is 8.51. The lowest BCUT2D eigenvalue weighted by Gasteiger charge is -2.28. The van der Waals surface area contributed by atoms with E-state index in [1.807, 2.05) is 0 Å². The lowest BCUT2D eigenvalue weighted by molar-refractivity contribution is -0.143. The number of halogens is 9. The maximum Gasteiger partial charge on any atom is 0.416 e. The number of aliphatic hydroxyl groups is 1. The Hall–Kier alpha value is -2.96. The summed E-state index contributed by atoms with van der Waals surface area (Å²) in [6.07, 6.45) is -18.2. The maximum atomic E-state index is 13.4. The smallest absolute Gasteiger partial charge is 0.416 e. The molecule has 2 aromatic rings. The highest BCUT2D eigenvalue weighted by molar-refractivity contribution is 5.92. The molecule has 1 aliphatic rings. The normalized spacial score (nSPS) is 19.1. The molecule has 1 unspecified atom stereocenters. The number of fused-ring (bicyclic) bond motifs is 1. The molecule has 4 nitrogen and oxygen atoms in total. The topological polar surface area (TPSA) is 49.8 Å². The molecular weight excluding hydrogens is 521 g/mol. The van der Waals surface area contributed by atoms with Crippen molar-refractivity contribution in [3.63, 3.8) is 0 Å². The number of aliphatic hydroxyl groups excluding tert-OH is 1. The van der Waals surface area contributed by atoms with Crippen molar-refractivity contribution in [2.75, 3.05) is 11.5 Å². The van der Waals surface area contributed by atoms with Gasteiger partial charge in [0.15, 0.2) is 0 Å². The highest BCUT2D eigenvalue weighted by Gasteiger charge is 2.44. The summed E-state index contributed by atoms with van der Waals surface area (Å²) in [5, 5.41) is 10.8. The number of amides is 1. The van der Waals surface area contributed by atoms with Gasteiger partial charge in [0.05, 0.1) is 35.1 Å². The summed E-state index contributed by atoms with van der Waals surface area (Å²) in [7, 11) is 0. The Bertz CT molecular complexity index is 1110. The van der Waals surface area contributed by atoms with Crippen molar-refractivity contribution in [2.45, 2.75) is 63.3 Å². The van der Waals surface area contributed by atoms with Crippen LogP contribution in [0.3, 0.4) is 0 Å². The first-order valence-corrected chi connectivity index (χ1v) is 11.1. The largest absolute Gasteiger partial charge is 0.449 e. The fraction of sp³-hybridized carbons (Fsp3) is 0.458. The fourth-order valence-electron chi connectivity index (χ4n) is 4.53. The zero-order valence-corrected chi connectivity index (χ0v) is 19.4. The van der Waals surface area contributed by atoms with E-state index in [1.54, 1.807) is 6.92 Å². The van der Waals surface area contributed by atoms with Gasteiger partial charge in [-0.1, -0.05) is 13.0 Å². The molecule has 1 amide bonds. The van der Waals surface area contributed by atoms with Crippen LogP contribution in [0.5, 0.6) is 0 Å². The van der Waals surface area contributed by atoms with Crippen molar-refractivity contribution in [3.05, 3.63) is 64.2 Å². The first-order valence-electron chi connectivity index (χ1n) is 11.1. The van der Waals surface area contributed by atoms with E-state index < -0.39 is 71.4 Å². The lowest BCUT2D eigenvalue weighted by Crippen LogP contribution is -2.39. The van der Waals surface area contributed by atoms with Crippen LogP contribution >= 0.6 is 0 Å². The molecule has 3 rings (SSSR count). The number of alkyl halides is 9. The van der Waals surface area contributed by atoms with Crippen LogP contribution in [-0.4, -0.2) is 23.8 Å². The number of nitrogens with zero attached hydrogens (tertiary/aromatic N) is 1. The number of rotatable bonds is 5. The summed E-state index contributed by atoms with van der Waals surface area (Å²) in [6, 6.07) is 2.42. The Kier molecular flexibility index (Phi) is 7.79. The highest BCUT2D eigenvalue weighted by Crippen LogP contribution is 2.49. The van der Waals surface area contributed by atoms with Crippen molar-refractivity contribution < 1.29 is 54.2 Å². The number of hydrogen-bond donors (Lipinski definition) is 1. The predicted octanol–water partition coefficient (Wildman–Crippen LogP) is 7.71. The van der Waals surface area contributed by atoms with E-state index in [4.69, 9.17) is 4.74 Å². The second-order valence-corrected chi connectivity index (χ2v) is 8.51. The van der Waals surface area contributed by atoms with Crippen LogP contribution in [0.4, 0.5) is 50.0 Å². The number of carbonyl (C=O) groups is 1. The molecule has 0 saturated carbocycles. The van der Waals surface area contributed by atoms with Crippen LogP contribution in [0.2, 0.25) is 0 Å². The van der Waals surface area contributed by atoms with Gasteiger partial charge in [-0.05, 0) is 61.2 Å². The third-order valence-electron chi connectivity index (χ3n) is 6.17. The van der Waals surface area contributed by atoms with Gasteiger partial charge in [0.1, 0.15) is 0 Å². The van der Waals surface area contributed by atoms with Crippen LogP contribution in [-0.2, 0) is 23.3 Å². The molecule has 1 aliphatic heterocycles. The molecule has 0 saturated heterocycles. The number of ether oxygens (including phenoxy) is 1. The summed E-state index contributed by atoms with van der Waals surface area (Å²) in [5.74, 6) is -0.912. The van der Waals surface area contributed by atoms with E-state index in [1.165, 1.54) is 6.92 Å². The minimum atomic E-state index is -5.13. The third kappa shape index (κ3) is 5.97. The van der Waals surface area contributed by atoms with E-state index in [-0.39, 0.29) is 30.3 Å². The highest BCUT2D eigenvalue weighted by atomic mass is 19.4. The standard InChI is InChI=1S/C24H22F9NO3/c1-3-18-17(11-20(35)12-7-14(23(28,29)30)9-15(8-12)24(31,32)33)16-6-5-13(22(25,26)27)10-19(16)34(18)21(36)37-4-2/h5-10,17-18,20,35H,3-4,11H2,1-2H3/t17-,18+,20?/m0/s1. The molecule has 1 N–H and O–H groups in total. The molecule has 13 heteroatoms. The Balaban J connectivity index is 2.08. The molecule has 0 radical (unpaired) electrons. The van der Waals surface area contributed by atoms with E-state index in [0.717, 1.165) is 23.1 Å². The predicted molar refractivity (Wildman–Crippen MR) is 114 cm³/mol. The van der Waals surface area contributed by atoms with Gasteiger partial charge in [0.25, 0.3) is 0 Å². The Morgan fingerprint density at radius 2 is 1.43 bits per heavy atom. The lowest BCUT2D eigenvalue weighted by atomic mass is 9.85. The van der Waals surface area contributed by atoms with Crippen molar-refractivity contribution in [1.82, 2.24) is 0 Å². The third-order valence-corrected chi connectivity index (χ3v) is 6.17. The summed E-state index contributed by atoms with van der Waals surface area (Å²) in [4.78, 5) is 13.6. The first-order chi connectivity index (χ1) is 17.0. The van der Waals surface area contributed by atoms with E-state index in [2.05, 4.69) is 0 Å². The van der Waals surface area contributed by atoms with Gasteiger partial charge in [0, 0.05) is 12.0 Å². The zero-order valence-electron chi connectivity index (χ0n) is 19.4. The van der Waals surface area contributed by atoms with Gasteiger partial charge >= 0.3 is 24.6 Å². The molecule has 0 bridgehead atoms. The van der Waals surface area contributed by atoms with Gasteiger partial charge in [0.2, 0.25) is 0 Å². The minimum absolute atomic E-state index is 0.0723. The summed E-state index contributed by atoms with van der Waals surface area (Å²) >= 11 is 0. The SMILES string of the molecule is CCOC(=O)N1c2cc(C(F)(F)F)ccc2[C@H](CC(O)c2cc(C(F)(F)F)cc(C(F)(F)F)c2)[C@H]1CC. The number of anilines is 1.